The summed E-state index contributed by atoms with van der Waals surface area (Å²) < 4.78 is 26.5. The molecule has 0 bridgehead atoms. The maximum Gasteiger partial charge on any atom is 0.258 e. The van der Waals surface area contributed by atoms with Gasteiger partial charge in [0.05, 0.1) is 11.0 Å². The van der Waals surface area contributed by atoms with Crippen molar-refractivity contribution in [1.82, 2.24) is 0 Å². The predicted molar refractivity (Wildman–Crippen MR) is 155 cm³/mol. The van der Waals surface area contributed by atoms with Crippen molar-refractivity contribution < 1.29 is 18.3 Å². The fourth-order valence-electron chi connectivity index (χ4n) is 6.65. The maximum atomic E-state index is 13.7. The van der Waals surface area contributed by atoms with Crippen molar-refractivity contribution in [2.75, 3.05) is 18.0 Å². The molecule has 1 N–H and O–H groups in total. The molecule has 38 heavy (non-hydrogen) atoms. The van der Waals surface area contributed by atoms with E-state index in [1.165, 1.54) is 12.1 Å². The second-order valence-electron chi connectivity index (χ2n) is 11.9. The zero-order valence-electron chi connectivity index (χ0n) is 24.0. The molecule has 3 aromatic rings. The van der Waals surface area contributed by atoms with Crippen LogP contribution in [0.2, 0.25) is 16.6 Å². The maximum absolute atomic E-state index is 13.7. The summed E-state index contributed by atoms with van der Waals surface area (Å²) in [5, 5.41) is 11.7. The van der Waals surface area contributed by atoms with Crippen LogP contribution in [0.25, 0.3) is 11.0 Å². The van der Waals surface area contributed by atoms with E-state index in [1.807, 2.05) is 24.8 Å². The lowest BCUT2D eigenvalue weighted by Gasteiger charge is -2.43. The monoisotopic (exact) mass is 539 g/mol. The Balaban J connectivity index is 1.67. The third kappa shape index (κ3) is 4.79. The molecule has 4 rings (SSSR count). The minimum atomic E-state index is -2.19. The number of piperidine rings is 1. The van der Waals surface area contributed by atoms with Gasteiger partial charge in [0, 0.05) is 18.7 Å². The van der Waals surface area contributed by atoms with Crippen LogP contribution in [0.1, 0.15) is 71.1 Å². The van der Waals surface area contributed by atoms with E-state index in [1.54, 1.807) is 18.4 Å². The number of halogens is 1. The van der Waals surface area contributed by atoms with E-state index in [9.17, 15) is 14.3 Å². The zero-order valence-corrected chi connectivity index (χ0v) is 25.0. The van der Waals surface area contributed by atoms with Crippen molar-refractivity contribution >= 4 is 25.0 Å². The van der Waals surface area contributed by atoms with Gasteiger partial charge >= 0.3 is 0 Å². The number of hydrogen-bond donors (Lipinski definition) is 1. The lowest BCUT2D eigenvalue weighted by atomic mass is 9.84. The molecule has 7 heteroatoms. The highest BCUT2D eigenvalue weighted by Gasteiger charge is 2.47. The number of anilines is 1. The highest BCUT2D eigenvalue weighted by Crippen LogP contribution is 2.45. The molecule has 1 aromatic heterocycles. The molecule has 0 amide bonds. The zero-order chi connectivity index (χ0) is 28.0. The van der Waals surface area contributed by atoms with Crippen LogP contribution in [0.4, 0.5) is 10.1 Å². The quantitative estimate of drug-likeness (QED) is 0.313. The summed E-state index contributed by atoms with van der Waals surface area (Å²) >= 11 is 0. The summed E-state index contributed by atoms with van der Waals surface area (Å²) in [7, 11) is -2.19. The van der Waals surface area contributed by atoms with E-state index < -0.39 is 13.9 Å². The Kier molecular flexibility index (Phi) is 7.83. The average Bonchev–Trinajstić information content (AvgIpc) is 2.85. The van der Waals surface area contributed by atoms with Crippen molar-refractivity contribution in [3.8, 4) is 5.75 Å². The number of fused-ring (bicyclic) bond motifs is 1. The second kappa shape index (κ2) is 10.5. The van der Waals surface area contributed by atoms with E-state index >= 15 is 0 Å². The summed E-state index contributed by atoms with van der Waals surface area (Å²) in [6, 6.07) is 7.92. The molecule has 0 spiro atoms. The molecular weight excluding hydrogens is 497 g/mol. The van der Waals surface area contributed by atoms with Gasteiger partial charge in [-0.2, -0.15) is 0 Å². The fourth-order valence-corrected chi connectivity index (χ4v) is 12.0. The third-order valence-electron chi connectivity index (χ3n) is 8.71. The molecule has 0 atom stereocenters. The summed E-state index contributed by atoms with van der Waals surface area (Å²) in [5.74, 6) is 0.520. The Morgan fingerprint density at radius 2 is 1.55 bits per heavy atom. The molecule has 0 aliphatic carbocycles. The van der Waals surface area contributed by atoms with Gasteiger partial charge in [-0.25, -0.2) is 4.39 Å². The number of aliphatic hydroxyl groups is 1. The SMILES string of the molecule is Cc1cc2c(=O)c(N3CCC(O)(c4ccc(F)cc4)CC3)coc2c(C)c1O[Si](C(C)C)(C(C)C)C(C)C. The molecule has 1 aliphatic heterocycles. The number of benzene rings is 2. The van der Waals surface area contributed by atoms with Gasteiger partial charge in [-0.1, -0.05) is 53.7 Å². The molecule has 0 saturated carbocycles. The van der Waals surface area contributed by atoms with Gasteiger partial charge in [0.25, 0.3) is 8.32 Å². The lowest BCUT2D eigenvalue weighted by molar-refractivity contribution is 0.0116. The predicted octanol–water partition coefficient (Wildman–Crippen LogP) is 7.59. The summed E-state index contributed by atoms with van der Waals surface area (Å²) in [5.41, 5.74) is 3.76. The first-order valence-corrected chi connectivity index (χ1v) is 15.9. The normalized spacial score (nSPS) is 16.2. The van der Waals surface area contributed by atoms with Crippen LogP contribution in [0, 0.1) is 19.7 Å². The van der Waals surface area contributed by atoms with Gasteiger partial charge in [-0.15, -0.1) is 0 Å². The van der Waals surface area contributed by atoms with Crippen molar-refractivity contribution in [2.24, 2.45) is 0 Å². The molecule has 0 radical (unpaired) electrons. The minimum absolute atomic E-state index is 0.0729. The van der Waals surface area contributed by atoms with Crippen molar-refractivity contribution in [2.45, 2.75) is 90.5 Å². The van der Waals surface area contributed by atoms with Crippen LogP contribution in [-0.4, -0.2) is 26.5 Å². The third-order valence-corrected chi connectivity index (χ3v) is 14.7. The molecule has 1 aliphatic rings. The van der Waals surface area contributed by atoms with Gasteiger partial charge in [0.15, 0.2) is 0 Å². The van der Waals surface area contributed by atoms with E-state index in [0.29, 0.717) is 64.8 Å². The van der Waals surface area contributed by atoms with E-state index in [0.717, 1.165) is 16.9 Å². The van der Waals surface area contributed by atoms with Crippen LogP contribution < -0.4 is 14.8 Å². The summed E-state index contributed by atoms with van der Waals surface area (Å²) in [6.07, 6.45) is 2.43. The van der Waals surface area contributed by atoms with Gasteiger partial charge in [0.2, 0.25) is 5.43 Å². The van der Waals surface area contributed by atoms with E-state index in [2.05, 4.69) is 41.5 Å². The highest BCUT2D eigenvalue weighted by molar-refractivity contribution is 6.78. The van der Waals surface area contributed by atoms with Crippen molar-refractivity contribution in [3.05, 3.63) is 69.3 Å². The number of hydrogen-bond acceptors (Lipinski definition) is 5. The van der Waals surface area contributed by atoms with Gasteiger partial charge < -0.3 is 18.8 Å². The van der Waals surface area contributed by atoms with Crippen molar-refractivity contribution in [1.29, 1.82) is 0 Å². The molecule has 5 nitrogen and oxygen atoms in total. The summed E-state index contributed by atoms with van der Waals surface area (Å²) in [6.45, 7) is 18.6. The standard InChI is InChI=1S/C31H42FNO4Si/c1-19(2)38(20(3)4,21(5)6)37-29-22(7)17-26-28(34)27(18-36-30(26)23(29)8)33-15-13-31(35,14-16-33)24-9-11-25(32)12-10-24/h9-12,17-21,35H,13-16H2,1-8H3. The molecule has 2 aromatic carbocycles. The van der Waals surface area contributed by atoms with Crippen molar-refractivity contribution in [3.63, 3.8) is 0 Å². The first-order chi connectivity index (χ1) is 17.8. The second-order valence-corrected chi connectivity index (χ2v) is 17.3. The largest absolute Gasteiger partial charge is 0.542 e. The van der Waals surface area contributed by atoms with E-state index in [-0.39, 0.29) is 11.2 Å². The van der Waals surface area contributed by atoms with Crippen LogP contribution in [0.15, 0.2) is 45.8 Å². The number of rotatable bonds is 7. The van der Waals surface area contributed by atoms with Crippen LogP contribution in [-0.2, 0) is 5.60 Å². The Labute approximate surface area is 226 Å². The average molecular weight is 540 g/mol. The molecule has 1 fully saturated rings. The van der Waals surface area contributed by atoms with E-state index in [4.69, 9.17) is 8.84 Å². The van der Waals surface area contributed by atoms with Crippen LogP contribution in [0.5, 0.6) is 5.75 Å². The lowest BCUT2D eigenvalue weighted by Crippen LogP contribution is -2.51. The first-order valence-electron chi connectivity index (χ1n) is 13.8. The smallest absolute Gasteiger partial charge is 0.258 e. The number of aryl methyl sites for hydroxylation is 2. The molecule has 0 unspecified atom stereocenters. The van der Waals surface area contributed by atoms with Gasteiger partial charge in [-0.05, 0) is 72.6 Å². The molecule has 206 valence electrons. The molecular formula is C31H42FNO4Si. The Bertz CT molecular complexity index is 1330. The van der Waals surface area contributed by atoms with Gasteiger partial charge in [-0.3, -0.25) is 4.79 Å². The Hall–Kier alpha value is -2.64. The number of nitrogens with zero attached hydrogens (tertiary/aromatic N) is 1. The molecule has 1 saturated heterocycles. The van der Waals surface area contributed by atoms with Crippen LogP contribution >= 0.6 is 0 Å². The fraction of sp³-hybridized carbons (Fsp3) is 0.516. The molecule has 2 heterocycles. The minimum Gasteiger partial charge on any atom is -0.542 e. The van der Waals surface area contributed by atoms with Gasteiger partial charge in [0.1, 0.15) is 29.1 Å². The Morgan fingerprint density at radius 3 is 2.08 bits per heavy atom. The van der Waals surface area contributed by atoms with Crippen LogP contribution in [0.3, 0.4) is 0 Å². The summed E-state index contributed by atoms with van der Waals surface area (Å²) in [4.78, 5) is 15.7. The topological polar surface area (TPSA) is 62.9 Å². The highest BCUT2D eigenvalue weighted by atomic mass is 28.4. The first kappa shape index (κ1) is 28.4. The Morgan fingerprint density at radius 1 is 1.00 bits per heavy atom.